The van der Waals surface area contributed by atoms with Crippen molar-refractivity contribution in [1.29, 1.82) is 0 Å². The normalized spacial score (nSPS) is 10.5. The first-order chi connectivity index (χ1) is 10.2. The van der Waals surface area contributed by atoms with Crippen LogP contribution in [0.2, 0.25) is 0 Å². The number of nitrogens with zero attached hydrogens (tertiary/aromatic N) is 1. The van der Waals surface area contributed by atoms with Crippen molar-refractivity contribution in [3.05, 3.63) is 47.0 Å². The molecule has 1 amide bonds. The molecule has 1 aromatic heterocycles. The third-order valence-electron chi connectivity index (χ3n) is 2.60. The number of carbonyl (C=O) groups excluding carboxylic acids is 1. The van der Waals surface area contributed by atoms with Gasteiger partial charge in [-0.05, 0) is 12.5 Å². The molecule has 0 saturated heterocycles. The van der Waals surface area contributed by atoms with Crippen LogP contribution >= 0.6 is 34.9 Å². The molecule has 0 aliphatic carbocycles. The summed E-state index contributed by atoms with van der Waals surface area (Å²) in [5.41, 5.74) is 2.34. The zero-order valence-electron chi connectivity index (χ0n) is 11.9. The molecule has 2 rings (SSSR count). The van der Waals surface area contributed by atoms with Crippen molar-refractivity contribution in [3.8, 4) is 0 Å². The number of benzene rings is 1. The van der Waals surface area contributed by atoms with Crippen molar-refractivity contribution in [3.63, 3.8) is 0 Å². The summed E-state index contributed by atoms with van der Waals surface area (Å²) < 4.78 is 0.959. The predicted molar refractivity (Wildman–Crippen MR) is 93.2 cm³/mol. The summed E-state index contributed by atoms with van der Waals surface area (Å²) in [4.78, 5) is 16.0. The quantitative estimate of drug-likeness (QED) is 0.590. The Morgan fingerprint density at radius 2 is 2.14 bits per heavy atom. The van der Waals surface area contributed by atoms with E-state index in [-0.39, 0.29) is 5.91 Å². The summed E-state index contributed by atoms with van der Waals surface area (Å²) in [5, 5.41) is 4.94. The minimum atomic E-state index is 0.0770. The summed E-state index contributed by atoms with van der Waals surface area (Å²) in [7, 11) is 0. The first kappa shape index (κ1) is 16.4. The molecule has 2 aromatic rings. The minimum absolute atomic E-state index is 0.0770. The number of aromatic nitrogens is 1. The van der Waals surface area contributed by atoms with E-state index in [1.165, 1.54) is 17.3 Å². The lowest BCUT2D eigenvalue weighted by molar-refractivity contribution is -0.118. The van der Waals surface area contributed by atoms with E-state index in [9.17, 15) is 4.79 Å². The lowest BCUT2D eigenvalue weighted by atomic mass is 10.2. The number of hydrogen-bond acceptors (Lipinski definition) is 5. The SMILES string of the molecule is Cc1csc(SCC(=O)NCCSCc2ccccc2)n1. The van der Waals surface area contributed by atoms with Gasteiger partial charge in [-0.3, -0.25) is 4.79 Å². The van der Waals surface area contributed by atoms with Crippen molar-refractivity contribution in [2.45, 2.75) is 17.0 Å². The van der Waals surface area contributed by atoms with Crippen molar-refractivity contribution >= 4 is 40.8 Å². The van der Waals surface area contributed by atoms with Crippen molar-refractivity contribution < 1.29 is 4.79 Å². The molecular weight excluding hydrogens is 320 g/mol. The van der Waals surface area contributed by atoms with E-state index < -0.39 is 0 Å². The van der Waals surface area contributed by atoms with E-state index in [1.54, 1.807) is 11.3 Å². The third-order valence-corrected chi connectivity index (χ3v) is 5.77. The molecule has 21 heavy (non-hydrogen) atoms. The molecule has 0 bridgehead atoms. The van der Waals surface area contributed by atoms with Crippen LogP contribution in [0.15, 0.2) is 40.1 Å². The van der Waals surface area contributed by atoms with E-state index >= 15 is 0 Å². The van der Waals surface area contributed by atoms with Gasteiger partial charge in [-0.25, -0.2) is 4.98 Å². The monoisotopic (exact) mass is 338 g/mol. The molecule has 0 fully saturated rings. The number of thiazole rings is 1. The van der Waals surface area contributed by atoms with Crippen molar-refractivity contribution in [2.24, 2.45) is 0 Å². The first-order valence-electron chi connectivity index (χ1n) is 6.67. The molecule has 0 spiro atoms. The van der Waals surface area contributed by atoms with Crippen molar-refractivity contribution in [1.82, 2.24) is 10.3 Å². The first-order valence-corrected chi connectivity index (χ1v) is 9.69. The van der Waals surface area contributed by atoms with E-state index in [0.717, 1.165) is 21.5 Å². The van der Waals surface area contributed by atoms with Crippen LogP contribution in [0, 0.1) is 6.92 Å². The van der Waals surface area contributed by atoms with E-state index in [2.05, 4.69) is 34.6 Å². The van der Waals surface area contributed by atoms with Gasteiger partial charge in [-0.2, -0.15) is 11.8 Å². The number of nitrogens with one attached hydrogen (secondary N) is 1. The molecule has 0 aliphatic rings. The third kappa shape index (κ3) is 6.54. The highest BCUT2D eigenvalue weighted by atomic mass is 32.2. The number of aryl methyl sites for hydroxylation is 1. The van der Waals surface area contributed by atoms with Crippen LogP contribution in [0.25, 0.3) is 0 Å². The smallest absolute Gasteiger partial charge is 0.230 e. The molecule has 0 radical (unpaired) electrons. The van der Waals surface area contributed by atoms with Crippen molar-refractivity contribution in [2.75, 3.05) is 18.1 Å². The number of amides is 1. The lowest BCUT2D eigenvalue weighted by Gasteiger charge is -2.04. The second-order valence-corrected chi connectivity index (χ2v) is 7.62. The number of hydrogen-bond donors (Lipinski definition) is 1. The Morgan fingerprint density at radius 1 is 1.33 bits per heavy atom. The van der Waals surface area contributed by atoms with Gasteiger partial charge in [0.1, 0.15) is 0 Å². The molecule has 0 saturated carbocycles. The van der Waals surface area contributed by atoms with Gasteiger partial charge >= 0.3 is 0 Å². The largest absolute Gasteiger partial charge is 0.355 e. The van der Waals surface area contributed by atoms with Crippen LogP contribution in [0.4, 0.5) is 0 Å². The average Bonchev–Trinajstić information content (AvgIpc) is 2.91. The lowest BCUT2D eigenvalue weighted by Crippen LogP contribution is -2.27. The summed E-state index contributed by atoms with van der Waals surface area (Å²) in [5.74, 6) is 2.44. The van der Waals surface area contributed by atoms with Gasteiger partial charge < -0.3 is 5.32 Å². The summed E-state index contributed by atoms with van der Waals surface area (Å²) in [6.07, 6.45) is 0. The van der Waals surface area contributed by atoms with Gasteiger partial charge in [0.25, 0.3) is 0 Å². The fraction of sp³-hybridized carbons (Fsp3) is 0.333. The number of carbonyl (C=O) groups is 1. The molecular formula is C15H18N2OS3. The van der Waals surface area contributed by atoms with E-state index in [1.807, 2.05) is 30.1 Å². The highest BCUT2D eigenvalue weighted by Crippen LogP contribution is 2.21. The second kappa shape index (κ2) is 9.12. The second-order valence-electron chi connectivity index (χ2n) is 4.43. The van der Waals surface area contributed by atoms with Gasteiger partial charge in [0.15, 0.2) is 4.34 Å². The van der Waals surface area contributed by atoms with Crippen LogP contribution in [0.5, 0.6) is 0 Å². The van der Waals surface area contributed by atoms with Crippen LogP contribution in [-0.2, 0) is 10.5 Å². The highest BCUT2D eigenvalue weighted by molar-refractivity contribution is 8.01. The number of thioether (sulfide) groups is 2. The molecule has 1 heterocycles. The Hall–Kier alpha value is -0.980. The minimum Gasteiger partial charge on any atom is -0.355 e. The standard InChI is InChI=1S/C15H18N2OS3/c1-12-9-20-15(17-12)21-11-14(18)16-7-8-19-10-13-5-3-2-4-6-13/h2-6,9H,7-8,10-11H2,1H3,(H,16,18). The summed E-state index contributed by atoms with van der Waals surface area (Å²) >= 11 is 4.92. The molecule has 112 valence electrons. The molecule has 0 unspecified atom stereocenters. The maximum Gasteiger partial charge on any atom is 0.230 e. The average molecular weight is 339 g/mol. The van der Waals surface area contributed by atoms with Gasteiger partial charge in [-0.15, -0.1) is 11.3 Å². The predicted octanol–water partition coefficient (Wildman–Crippen LogP) is 3.59. The van der Waals surface area contributed by atoms with Gasteiger partial charge in [0, 0.05) is 29.1 Å². The maximum absolute atomic E-state index is 11.7. The molecule has 0 aliphatic heterocycles. The topological polar surface area (TPSA) is 42.0 Å². The Balaban J connectivity index is 1.53. The molecule has 1 N–H and O–H groups in total. The fourth-order valence-electron chi connectivity index (χ4n) is 1.60. The van der Waals surface area contributed by atoms with Gasteiger partial charge in [0.05, 0.1) is 5.75 Å². The van der Waals surface area contributed by atoms with Crippen LogP contribution in [0.1, 0.15) is 11.3 Å². The molecule has 6 heteroatoms. The Labute approximate surface area is 137 Å². The summed E-state index contributed by atoms with van der Waals surface area (Å²) in [6, 6.07) is 10.4. The fourth-order valence-corrected chi connectivity index (χ4v) is 4.10. The Bertz CT molecular complexity index is 557. The van der Waals surface area contributed by atoms with Gasteiger partial charge in [-0.1, -0.05) is 42.1 Å². The zero-order chi connectivity index (χ0) is 14.9. The van der Waals surface area contributed by atoms with Gasteiger partial charge in [0.2, 0.25) is 5.91 Å². The highest BCUT2D eigenvalue weighted by Gasteiger charge is 2.05. The summed E-state index contributed by atoms with van der Waals surface area (Å²) in [6.45, 7) is 2.68. The zero-order valence-corrected chi connectivity index (χ0v) is 14.3. The molecule has 0 atom stereocenters. The Morgan fingerprint density at radius 3 is 2.86 bits per heavy atom. The van der Waals surface area contributed by atoms with E-state index in [4.69, 9.17) is 0 Å². The van der Waals surface area contributed by atoms with Crippen LogP contribution < -0.4 is 5.32 Å². The molecule has 1 aromatic carbocycles. The maximum atomic E-state index is 11.7. The molecule has 3 nitrogen and oxygen atoms in total. The number of rotatable bonds is 8. The van der Waals surface area contributed by atoms with Crippen LogP contribution in [0.3, 0.4) is 0 Å². The Kier molecular flexibility index (Phi) is 7.12. The van der Waals surface area contributed by atoms with Crippen LogP contribution in [-0.4, -0.2) is 28.9 Å². The van der Waals surface area contributed by atoms with E-state index in [0.29, 0.717) is 12.3 Å².